The minimum absolute atomic E-state index is 0.353. The zero-order chi connectivity index (χ0) is 13.8. The molecule has 0 aromatic rings. The van der Waals surface area contributed by atoms with Crippen LogP contribution in [0.5, 0.6) is 0 Å². The zero-order valence-electron chi connectivity index (χ0n) is 13.3. The largest absolute Gasteiger partial charge is 0.314 e. The number of nitrogens with one attached hydrogen (secondary N) is 1. The Morgan fingerprint density at radius 2 is 1.94 bits per heavy atom. The highest BCUT2D eigenvalue weighted by Gasteiger charge is 2.26. The van der Waals surface area contributed by atoms with Gasteiger partial charge in [-0.1, -0.05) is 27.7 Å². The van der Waals surface area contributed by atoms with Crippen LogP contribution in [0.25, 0.3) is 0 Å². The van der Waals surface area contributed by atoms with Crippen molar-refractivity contribution in [3.63, 3.8) is 0 Å². The molecule has 1 rings (SSSR count). The van der Waals surface area contributed by atoms with Crippen LogP contribution in [-0.4, -0.2) is 61.7 Å². The maximum atomic E-state index is 3.65. The lowest BCUT2D eigenvalue weighted by molar-refractivity contribution is 0.0899. The molecule has 0 amide bonds. The molecule has 1 fully saturated rings. The predicted octanol–water partition coefficient (Wildman–Crippen LogP) is 2.04. The SMILES string of the molecule is CCNC(CCN1CCN(C)CC1C)C(C)(C)C. The van der Waals surface area contributed by atoms with Crippen LogP contribution in [0, 0.1) is 5.41 Å². The third kappa shape index (κ3) is 4.87. The second-order valence-electron chi connectivity index (χ2n) is 6.91. The van der Waals surface area contributed by atoms with E-state index in [9.17, 15) is 0 Å². The number of piperazine rings is 1. The molecule has 0 saturated carbocycles. The van der Waals surface area contributed by atoms with Gasteiger partial charge in [-0.25, -0.2) is 0 Å². The molecule has 1 heterocycles. The first-order valence-corrected chi connectivity index (χ1v) is 7.50. The number of hydrogen-bond donors (Lipinski definition) is 1. The maximum absolute atomic E-state index is 3.65. The van der Waals surface area contributed by atoms with Crippen LogP contribution in [0.3, 0.4) is 0 Å². The van der Waals surface area contributed by atoms with E-state index in [-0.39, 0.29) is 0 Å². The summed E-state index contributed by atoms with van der Waals surface area (Å²) in [7, 11) is 2.23. The van der Waals surface area contributed by atoms with Gasteiger partial charge in [0, 0.05) is 38.3 Å². The summed E-state index contributed by atoms with van der Waals surface area (Å²) in [6.07, 6.45) is 1.26. The molecule has 0 bridgehead atoms. The Kier molecular flexibility index (Phi) is 6.09. The number of likely N-dealkylation sites (N-methyl/N-ethyl adjacent to an activating group) is 1. The van der Waals surface area contributed by atoms with Crippen LogP contribution in [0.1, 0.15) is 41.0 Å². The lowest BCUT2D eigenvalue weighted by Gasteiger charge is -2.40. The van der Waals surface area contributed by atoms with E-state index < -0.39 is 0 Å². The van der Waals surface area contributed by atoms with Crippen LogP contribution in [0.2, 0.25) is 0 Å². The summed E-state index contributed by atoms with van der Waals surface area (Å²) in [4.78, 5) is 5.09. The summed E-state index contributed by atoms with van der Waals surface area (Å²) in [6, 6.07) is 1.32. The maximum Gasteiger partial charge on any atom is 0.0195 e. The van der Waals surface area contributed by atoms with Gasteiger partial charge in [-0.05, 0) is 32.4 Å². The van der Waals surface area contributed by atoms with E-state index in [1.54, 1.807) is 0 Å². The summed E-state index contributed by atoms with van der Waals surface area (Å²) >= 11 is 0. The second-order valence-corrected chi connectivity index (χ2v) is 6.91. The minimum atomic E-state index is 0.353. The zero-order valence-corrected chi connectivity index (χ0v) is 13.3. The molecule has 1 N–H and O–H groups in total. The topological polar surface area (TPSA) is 18.5 Å². The van der Waals surface area contributed by atoms with E-state index in [0.717, 1.165) is 6.54 Å². The van der Waals surface area contributed by atoms with Crippen molar-refractivity contribution < 1.29 is 0 Å². The summed E-state index contributed by atoms with van der Waals surface area (Å²) in [5.74, 6) is 0. The summed E-state index contributed by atoms with van der Waals surface area (Å²) < 4.78 is 0. The van der Waals surface area contributed by atoms with Crippen molar-refractivity contribution in [2.75, 3.05) is 39.8 Å². The minimum Gasteiger partial charge on any atom is -0.314 e. The molecule has 1 saturated heterocycles. The third-order valence-corrected chi connectivity index (χ3v) is 4.17. The quantitative estimate of drug-likeness (QED) is 0.811. The fourth-order valence-electron chi connectivity index (χ4n) is 2.89. The molecular weight excluding hydrogens is 222 g/mol. The van der Waals surface area contributed by atoms with Gasteiger partial charge < -0.3 is 10.2 Å². The smallest absolute Gasteiger partial charge is 0.0195 e. The third-order valence-electron chi connectivity index (χ3n) is 4.17. The second kappa shape index (κ2) is 6.88. The van der Waals surface area contributed by atoms with Gasteiger partial charge in [0.25, 0.3) is 0 Å². The standard InChI is InChI=1S/C15H33N3/c1-7-16-14(15(3,4)5)8-9-18-11-10-17(6)12-13(18)2/h13-14,16H,7-12H2,1-6H3. The lowest BCUT2D eigenvalue weighted by atomic mass is 9.84. The van der Waals surface area contributed by atoms with E-state index >= 15 is 0 Å². The first kappa shape index (κ1) is 15.9. The van der Waals surface area contributed by atoms with E-state index in [1.165, 1.54) is 32.6 Å². The predicted molar refractivity (Wildman–Crippen MR) is 80.1 cm³/mol. The van der Waals surface area contributed by atoms with Crippen molar-refractivity contribution in [2.24, 2.45) is 5.41 Å². The van der Waals surface area contributed by atoms with Crippen LogP contribution < -0.4 is 5.32 Å². The first-order valence-electron chi connectivity index (χ1n) is 7.50. The van der Waals surface area contributed by atoms with Crippen LogP contribution >= 0.6 is 0 Å². The Balaban J connectivity index is 2.42. The fraction of sp³-hybridized carbons (Fsp3) is 1.00. The fourth-order valence-corrected chi connectivity index (χ4v) is 2.89. The van der Waals surface area contributed by atoms with Gasteiger partial charge in [0.15, 0.2) is 0 Å². The first-order chi connectivity index (χ1) is 8.34. The molecule has 2 unspecified atom stereocenters. The molecule has 1 aliphatic heterocycles. The average molecular weight is 255 g/mol. The molecule has 108 valence electrons. The molecule has 18 heavy (non-hydrogen) atoms. The van der Waals surface area contributed by atoms with Gasteiger partial charge in [0.2, 0.25) is 0 Å². The molecule has 1 aliphatic rings. The van der Waals surface area contributed by atoms with Crippen LogP contribution in [0.15, 0.2) is 0 Å². The monoisotopic (exact) mass is 255 g/mol. The number of hydrogen-bond acceptors (Lipinski definition) is 3. The van der Waals surface area contributed by atoms with Crippen molar-refractivity contribution in [1.29, 1.82) is 0 Å². The van der Waals surface area contributed by atoms with E-state index in [0.29, 0.717) is 17.5 Å². The van der Waals surface area contributed by atoms with Crippen molar-refractivity contribution in [2.45, 2.75) is 53.1 Å². The van der Waals surface area contributed by atoms with Crippen molar-refractivity contribution in [1.82, 2.24) is 15.1 Å². The van der Waals surface area contributed by atoms with Crippen molar-refractivity contribution in [3.05, 3.63) is 0 Å². The Labute approximate surface area is 114 Å². The molecule has 0 radical (unpaired) electrons. The summed E-state index contributed by atoms with van der Waals surface area (Å²) in [6.45, 7) is 17.5. The van der Waals surface area contributed by atoms with Gasteiger partial charge in [-0.15, -0.1) is 0 Å². The van der Waals surface area contributed by atoms with Crippen LogP contribution in [0.4, 0.5) is 0 Å². The van der Waals surface area contributed by atoms with Crippen molar-refractivity contribution >= 4 is 0 Å². The molecular formula is C15H33N3. The van der Waals surface area contributed by atoms with Crippen LogP contribution in [-0.2, 0) is 0 Å². The van der Waals surface area contributed by atoms with E-state index in [4.69, 9.17) is 0 Å². The highest BCUT2D eigenvalue weighted by atomic mass is 15.3. The van der Waals surface area contributed by atoms with Gasteiger partial charge in [0.05, 0.1) is 0 Å². The Morgan fingerprint density at radius 3 is 2.44 bits per heavy atom. The van der Waals surface area contributed by atoms with Gasteiger partial charge in [0.1, 0.15) is 0 Å². The molecule has 3 nitrogen and oxygen atoms in total. The molecule has 0 aromatic carbocycles. The van der Waals surface area contributed by atoms with Crippen molar-refractivity contribution in [3.8, 4) is 0 Å². The van der Waals surface area contributed by atoms with Gasteiger partial charge >= 0.3 is 0 Å². The molecule has 3 heteroatoms. The Hall–Kier alpha value is -0.120. The highest BCUT2D eigenvalue weighted by Crippen LogP contribution is 2.22. The Morgan fingerprint density at radius 1 is 1.28 bits per heavy atom. The van der Waals surface area contributed by atoms with E-state index in [2.05, 4.69) is 56.8 Å². The highest BCUT2D eigenvalue weighted by molar-refractivity contribution is 4.84. The van der Waals surface area contributed by atoms with Gasteiger partial charge in [-0.2, -0.15) is 0 Å². The molecule has 2 atom stereocenters. The molecule has 0 aromatic heterocycles. The summed E-state index contributed by atoms with van der Waals surface area (Å²) in [5.41, 5.74) is 0.353. The normalized spacial score (nSPS) is 25.3. The average Bonchev–Trinajstić information content (AvgIpc) is 2.24. The van der Waals surface area contributed by atoms with E-state index in [1.807, 2.05) is 0 Å². The Bertz CT molecular complexity index is 234. The number of nitrogens with zero attached hydrogens (tertiary/aromatic N) is 2. The molecule has 0 aliphatic carbocycles. The molecule has 0 spiro atoms. The number of rotatable bonds is 5. The lowest BCUT2D eigenvalue weighted by Crippen LogP contribution is -2.52. The van der Waals surface area contributed by atoms with Gasteiger partial charge in [-0.3, -0.25) is 4.90 Å². The summed E-state index contributed by atoms with van der Waals surface area (Å²) in [5, 5.41) is 3.65.